The molecule has 4 nitrogen and oxygen atoms in total. The lowest BCUT2D eigenvalue weighted by molar-refractivity contribution is -0.0334. The lowest BCUT2D eigenvalue weighted by Gasteiger charge is -2.32. The van der Waals surface area contributed by atoms with Gasteiger partial charge in [0.15, 0.2) is 0 Å². The van der Waals surface area contributed by atoms with Crippen LogP contribution in [0.25, 0.3) is 0 Å². The number of esters is 1. The van der Waals surface area contributed by atoms with Gasteiger partial charge in [0.25, 0.3) is 0 Å². The van der Waals surface area contributed by atoms with E-state index in [1.54, 1.807) is 6.07 Å². The Hall–Kier alpha value is -1.55. The first-order chi connectivity index (χ1) is 9.24. The fraction of sp³-hybridized carbons (Fsp3) is 0.533. The van der Waals surface area contributed by atoms with Gasteiger partial charge in [0, 0.05) is 19.3 Å². The van der Waals surface area contributed by atoms with E-state index in [4.69, 9.17) is 14.2 Å². The van der Waals surface area contributed by atoms with E-state index >= 15 is 0 Å². The molecule has 0 aliphatic carbocycles. The molecule has 1 aromatic rings. The molecular formula is C15H18O4. The molecule has 0 atom stereocenters. The number of ether oxygens (including phenoxy) is 3. The van der Waals surface area contributed by atoms with Gasteiger partial charge in [-0.2, -0.15) is 0 Å². The van der Waals surface area contributed by atoms with Crippen LogP contribution in [-0.4, -0.2) is 31.4 Å². The number of fused-ring (bicyclic) bond motifs is 1. The number of hydrogen-bond donors (Lipinski definition) is 0. The first-order valence-electron chi connectivity index (χ1n) is 6.80. The molecule has 1 aromatic carbocycles. The Morgan fingerprint density at radius 3 is 2.89 bits per heavy atom. The molecule has 1 saturated heterocycles. The summed E-state index contributed by atoms with van der Waals surface area (Å²) in [6.07, 6.45) is 2.62. The zero-order valence-electron chi connectivity index (χ0n) is 11.1. The minimum atomic E-state index is -0.302. The van der Waals surface area contributed by atoms with Crippen LogP contribution in [0.1, 0.15) is 35.7 Å². The number of hydrogen-bond acceptors (Lipinski definition) is 4. The molecule has 0 unspecified atom stereocenters. The zero-order valence-corrected chi connectivity index (χ0v) is 11.1. The maximum absolute atomic E-state index is 11.9. The molecule has 1 spiro atoms. The van der Waals surface area contributed by atoms with Crippen LogP contribution < -0.4 is 4.74 Å². The molecule has 0 N–H and O–H groups in total. The second-order valence-corrected chi connectivity index (χ2v) is 5.09. The van der Waals surface area contributed by atoms with Crippen molar-refractivity contribution < 1.29 is 19.0 Å². The molecule has 0 radical (unpaired) electrons. The fourth-order valence-corrected chi connectivity index (χ4v) is 2.84. The number of benzene rings is 1. The summed E-state index contributed by atoms with van der Waals surface area (Å²) in [5.41, 5.74) is 1.47. The summed E-state index contributed by atoms with van der Waals surface area (Å²) in [5, 5.41) is 0. The maximum atomic E-state index is 11.9. The number of para-hydroxylation sites is 1. The Kier molecular flexibility index (Phi) is 3.19. The molecule has 1 fully saturated rings. The summed E-state index contributed by atoms with van der Waals surface area (Å²) in [6, 6.07) is 5.70. The molecule has 19 heavy (non-hydrogen) atoms. The predicted octanol–water partition coefficient (Wildman–Crippen LogP) is 2.35. The summed E-state index contributed by atoms with van der Waals surface area (Å²) in [7, 11) is 0. The van der Waals surface area contributed by atoms with Crippen LogP contribution in [0, 0.1) is 0 Å². The first-order valence-corrected chi connectivity index (χ1v) is 6.80. The van der Waals surface area contributed by atoms with Crippen molar-refractivity contribution in [2.75, 3.05) is 19.8 Å². The smallest absolute Gasteiger partial charge is 0.341 e. The molecule has 0 aromatic heterocycles. The van der Waals surface area contributed by atoms with E-state index in [0.29, 0.717) is 17.9 Å². The quantitative estimate of drug-likeness (QED) is 0.767. The third-order valence-corrected chi connectivity index (χ3v) is 3.83. The largest absolute Gasteiger partial charge is 0.486 e. The van der Waals surface area contributed by atoms with Crippen molar-refractivity contribution in [1.29, 1.82) is 0 Å². The lowest BCUT2D eigenvalue weighted by Crippen LogP contribution is -2.40. The molecule has 4 heteroatoms. The van der Waals surface area contributed by atoms with Gasteiger partial charge >= 0.3 is 5.97 Å². The van der Waals surface area contributed by atoms with Crippen LogP contribution in [0.2, 0.25) is 0 Å². The summed E-state index contributed by atoms with van der Waals surface area (Å²) >= 11 is 0. The number of rotatable bonds is 2. The Bertz CT molecular complexity index is 489. The Labute approximate surface area is 112 Å². The Morgan fingerprint density at radius 1 is 1.37 bits per heavy atom. The van der Waals surface area contributed by atoms with Crippen LogP contribution in [0.4, 0.5) is 0 Å². The molecule has 2 aliphatic rings. The van der Waals surface area contributed by atoms with E-state index in [1.165, 1.54) is 0 Å². The van der Waals surface area contributed by atoms with Crippen molar-refractivity contribution in [2.45, 2.75) is 31.8 Å². The fourth-order valence-electron chi connectivity index (χ4n) is 2.84. The second kappa shape index (κ2) is 4.85. The van der Waals surface area contributed by atoms with E-state index in [-0.39, 0.29) is 11.6 Å². The highest BCUT2D eigenvalue weighted by molar-refractivity contribution is 5.93. The van der Waals surface area contributed by atoms with Gasteiger partial charge in [0.1, 0.15) is 16.9 Å². The third-order valence-electron chi connectivity index (χ3n) is 3.83. The molecule has 0 amide bonds. The second-order valence-electron chi connectivity index (χ2n) is 5.09. The van der Waals surface area contributed by atoms with Crippen molar-refractivity contribution in [3.8, 4) is 5.75 Å². The molecule has 0 saturated carbocycles. The van der Waals surface area contributed by atoms with Crippen molar-refractivity contribution >= 4 is 5.97 Å². The molecule has 3 rings (SSSR count). The van der Waals surface area contributed by atoms with Crippen LogP contribution in [0.15, 0.2) is 18.2 Å². The highest BCUT2D eigenvalue weighted by atomic mass is 16.5. The average Bonchev–Trinajstić information content (AvgIpc) is 2.76. The third kappa shape index (κ3) is 2.21. The normalized spacial score (nSPS) is 19.8. The Morgan fingerprint density at radius 2 is 2.16 bits per heavy atom. The van der Waals surface area contributed by atoms with E-state index in [2.05, 4.69) is 0 Å². The van der Waals surface area contributed by atoms with E-state index < -0.39 is 0 Å². The van der Waals surface area contributed by atoms with Gasteiger partial charge in [-0.1, -0.05) is 12.1 Å². The van der Waals surface area contributed by atoms with Gasteiger partial charge in [-0.3, -0.25) is 0 Å². The predicted molar refractivity (Wildman–Crippen MR) is 69.5 cm³/mol. The van der Waals surface area contributed by atoms with Crippen molar-refractivity contribution in [3.63, 3.8) is 0 Å². The molecular weight excluding hydrogens is 244 g/mol. The van der Waals surface area contributed by atoms with Crippen molar-refractivity contribution in [3.05, 3.63) is 29.3 Å². The highest BCUT2D eigenvalue weighted by Crippen LogP contribution is 2.42. The average molecular weight is 262 g/mol. The number of carbonyl (C=O) groups is 1. The highest BCUT2D eigenvalue weighted by Gasteiger charge is 2.42. The summed E-state index contributed by atoms with van der Waals surface area (Å²) in [5.74, 6) is 0.409. The summed E-state index contributed by atoms with van der Waals surface area (Å²) in [6.45, 7) is 3.63. The summed E-state index contributed by atoms with van der Waals surface area (Å²) in [4.78, 5) is 11.9. The number of carbonyl (C=O) groups excluding carboxylic acids is 1. The molecule has 102 valence electrons. The SMILES string of the molecule is CCOC(=O)c1cccc2c1OC1(CCOCC1)C2. The summed E-state index contributed by atoms with van der Waals surface area (Å²) < 4.78 is 16.6. The van der Waals surface area contributed by atoms with E-state index in [9.17, 15) is 4.79 Å². The Balaban J connectivity index is 1.90. The van der Waals surface area contributed by atoms with E-state index in [1.807, 2.05) is 19.1 Å². The van der Waals surface area contributed by atoms with Gasteiger partial charge in [-0.15, -0.1) is 0 Å². The minimum absolute atomic E-state index is 0.177. The van der Waals surface area contributed by atoms with E-state index in [0.717, 1.165) is 38.0 Å². The molecule has 2 aliphatic heterocycles. The minimum Gasteiger partial charge on any atom is -0.486 e. The monoisotopic (exact) mass is 262 g/mol. The van der Waals surface area contributed by atoms with Crippen molar-refractivity contribution in [2.24, 2.45) is 0 Å². The maximum Gasteiger partial charge on any atom is 0.341 e. The van der Waals surface area contributed by atoms with Gasteiger partial charge in [-0.05, 0) is 18.6 Å². The molecule has 2 heterocycles. The lowest BCUT2D eigenvalue weighted by atomic mass is 9.89. The van der Waals surface area contributed by atoms with Gasteiger partial charge in [0.05, 0.1) is 19.8 Å². The first kappa shape index (κ1) is 12.5. The van der Waals surface area contributed by atoms with Gasteiger partial charge < -0.3 is 14.2 Å². The van der Waals surface area contributed by atoms with Gasteiger partial charge in [0.2, 0.25) is 0 Å². The van der Waals surface area contributed by atoms with Gasteiger partial charge in [-0.25, -0.2) is 4.79 Å². The van der Waals surface area contributed by atoms with Crippen LogP contribution in [0.5, 0.6) is 5.75 Å². The van der Waals surface area contributed by atoms with Crippen molar-refractivity contribution in [1.82, 2.24) is 0 Å². The topological polar surface area (TPSA) is 44.8 Å². The van der Waals surface area contributed by atoms with Crippen LogP contribution in [0.3, 0.4) is 0 Å². The van der Waals surface area contributed by atoms with Crippen LogP contribution >= 0.6 is 0 Å². The molecule has 0 bridgehead atoms. The standard InChI is InChI=1S/C15H18O4/c1-2-18-14(16)12-5-3-4-11-10-15(19-13(11)12)6-8-17-9-7-15/h3-5H,2,6-10H2,1H3. The zero-order chi connectivity index (χ0) is 13.3. The van der Waals surface area contributed by atoms with Crippen LogP contribution in [-0.2, 0) is 15.9 Å².